The van der Waals surface area contributed by atoms with Crippen molar-refractivity contribution in [2.24, 2.45) is 5.73 Å². The minimum absolute atomic E-state index is 0.0598. The molecule has 2 N–H and O–H groups in total. The number of halogens is 1. The predicted molar refractivity (Wildman–Crippen MR) is 125 cm³/mol. The molecule has 1 saturated carbocycles. The van der Waals surface area contributed by atoms with Crippen molar-refractivity contribution in [1.29, 1.82) is 0 Å². The SMILES string of the molecule is COc1ccc(-c2ccc(C(C(N)=O)N3CCC4(CC3)CN(C3CC3)C(=O)CO4)c(F)c2)cc1. The minimum Gasteiger partial charge on any atom is -0.497 e. The standard InChI is InChI=1S/C26H30FN3O4/c1-33-20-7-2-17(3-8-20)18-4-9-21(22(27)14-18)24(25(28)32)29-12-10-26(11-13-29)16-30(19-5-6-19)23(31)15-34-26/h2-4,7-9,14,19,24H,5-6,10-13,15-16H2,1H3,(H2,28,32). The molecule has 1 aliphatic carbocycles. The van der Waals surface area contributed by atoms with E-state index in [1.54, 1.807) is 13.2 Å². The van der Waals surface area contributed by atoms with Gasteiger partial charge in [-0.25, -0.2) is 4.39 Å². The summed E-state index contributed by atoms with van der Waals surface area (Å²) in [5, 5.41) is 0. The third-order valence-electron chi connectivity index (χ3n) is 7.33. The van der Waals surface area contributed by atoms with Crippen molar-refractivity contribution in [3.05, 3.63) is 53.8 Å². The number of carbonyl (C=O) groups excluding carboxylic acids is 2. The number of carbonyl (C=O) groups is 2. The van der Waals surface area contributed by atoms with Crippen LogP contribution in [-0.2, 0) is 14.3 Å². The van der Waals surface area contributed by atoms with E-state index in [0.29, 0.717) is 44.1 Å². The average molecular weight is 468 g/mol. The van der Waals surface area contributed by atoms with Crippen molar-refractivity contribution < 1.29 is 23.5 Å². The van der Waals surface area contributed by atoms with E-state index in [2.05, 4.69) is 0 Å². The Kier molecular flexibility index (Phi) is 6.04. The average Bonchev–Trinajstić information content (AvgIpc) is 3.69. The molecule has 0 bridgehead atoms. The molecule has 7 nitrogen and oxygen atoms in total. The lowest BCUT2D eigenvalue weighted by atomic mass is 9.87. The number of amides is 2. The summed E-state index contributed by atoms with van der Waals surface area (Å²) < 4.78 is 26.4. The first-order chi connectivity index (χ1) is 16.4. The Labute approximate surface area is 198 Å². The minimum atomic E-state index is -0.855. The van der Waals surface area contributed by atoms with Gasteiger partial charge >= 0.3 is 0 Å². The van der Waals surface area contributed by atoms with Crippen molar-refractivity contribution >= 4 is 11.8 Å². The number of hydrogen-bond donors (Lipinski definition) is 1. The van der Waals surface area contributed by atoms with Crippen LogP contribution < -0.4 is 10.5 Å². The number of likely N-dealkylation sites (tertiary alicyclic amines) is 1. The summed E-state index contributed by atoms with van der Waals surface area (Å²) in [7, 11) is 1.60. The fourth-order valence-electron chi connectivity index (χ4n) is 5.19. The van der Waals surface area contributed by atoms with Gasteiger partial charge in [-0.15, -0.1) is 0 Å². The first-order valence-corrected chi connectivity index (χ1v) is 11.8. The second kappa shape index (κ2) is 9.00. The summed E-state index contributed by atoms with van der Waals surface area (Å²) in [6, 6.07) is 11.8. The monoisotopic (exact) mass is 467 g/mol. The summed E-state index contributed by atoms with van der Waals surface area (Å²) >= 11 is 0. The number of primary amides is 1. The Hall–Kier alpha value is -2.97. The number of benzene rings is 2. The maximum atomic E-state index is 15.3. The van der Waals surface area contributed by atoms with Gasteiger partial charge in [0.2, 0.25) is 11.8 Å². The number of hydrogen-bond acceptors (Lipinski definition) is 5. The van der Waals surface area contributed by atoms with Gasteiger partial charge in [0.25, 0.3) is 0 Å². The molecule has 34 heavy (non-hydrogen) atoms. The van der Waals surface area contributed by atoms with Crippen LogP contribution in [0.2, 0.25) is 0 Å². The normalized spacial score (nSPS) is 21.5. The number of methoxy groups -OCH3 is 1. The zero-order chi connectivity index (χ0) is 23.9. The zero-order valence-electron chi connectivity index (χ0n) is 19.3. The molecule has 0 aromatic heterocycles. The Bertz CT molecular complexity index is 1080. The number of piperidine rings is 1. The van der Waals surface area contributed by atoms with Crippen LogP contribution in [0.25, 0.3) is 11.1 Å². The Morgan fingerprint density at radius 3 is 2.41 bits per heavy atom. The Balaban J connectivity index is 1.31. The molecular weight excluding hydrogens is 437 g/mol. The van der Waals surface area contributed by atoms with E-state index in [1.807, 2.05) is 40.1 Å². The zero-order valence-corrected chi connectivity index (χ0v) is 19.3. The van der Waals surface area contributed by atoms with Crippen LogP contribution in [0.15, 0.2) is 42.5 Å². The summed E-state index contributed by atoms with van der Waals surface area (Å²) in [6.45, 7) is 1.79. The quantitative estimate of drug-likeness (QED) is 0.706. The van der Waals surface area contributed by atoms with Crippen molar-refractivity contribution in [3.8, 4) is 16.9 Å². The van der Waals surface area contributed by atoms with Gasteiger partial charge in [0, 0.05) is 24.7 Å². The van der Waals surface area contributed by atoms with Gasteiger partial charge in [0.05, 0.1) is 19.3 Å². The third-order valence-corrected chi connectivity index (χ3v) is 7.33. The Morgan fingerprint density at radius 1 is 1.15 bits per heavy atom. The molecular formula is C26H30FN3O4. The maximum absolute atomic E-state index is 15.3. The maximum Gasteiger partial charge on any atom is 0.248 e. The van der Waals surface area contributed by atoms with Gasteiger partial charge < -0.3 is 20.1 Å². The number of morpholine rings is 1. The molecule has 1 unspecified atom stereocenters. The summed E-state index contributed by atoms with van der Waals surface area (Å²) in [5.41, 5.74) is 7.21. The molecule has 2 heterocycles. The number of ether oxygens (including phenoxy) is 2. The molecule has 3 fully saturated rings. The van der Waals surface area contributed by atoms with E-state index >= 15 is 4.39 Å². The molecule has 5 rings (SSSR count). The molecule has 0 radical (unpaired) electrons. The molecule has 1 spiro atoms. The highest BCUT2D eigenvalue weighted by Gasteiger charge is 2.47. The summed E-state index contributed by atoms with van der Waals surface area (Å²) in [4.78, 5) is 28.6. The third kappa shape index (κ3) is 4.40. The van der Waals surface area contributed by atoms with Crippen molar-refractivity contribution in [2.45, 2.75) is 43.4 Å². The first-order valence-electron chi connectivity index (χ1n) is 11.8. The van der Waals surface area contributed by atoms with Crippen LogP contribution in [0.5, 0.6) is 5.75 Å². The highest BCUT2D eigenvalue weighted by Crippen LogP contribution is 2.38. The largest absolute Gasteiger partial charge is 0.497 e. The van der Waals surface area contributed by atoms with Crippen molar-refractivity contribution in [1.82, 2.24) is 9.80 Å². The molecule has 180 valence electrons. The lowest BCUT2D eigenvalue weighted by Crippen LogP contribution is -2.60. The van der Waals surface area contributed by atoms with E-state index in [4.69, 9.17) is 15.2 Å². The number of nitrogens with zero attached hydrogens (tertiary/aromatic N) is 2. The smallest absolute Gasteiger partial charge is 0.248 e. The van der Waals surface area contributed by atoms with Gasteiger partial charge in [-0.3, -0.25) is 14.5 Å². The molecule has 2 aromatic carbocycles. The molecule has 8 heteroatoms. The lowest BCUT2D eigenvalue weighted by molar-refractivity contribution is -0.173. The van der Waals surface area contributed by atoms with Crippen molar-refractivity contribution in [2.75, 3.05) is 33.4 Å². The highest BCUT2D eigenvalue weighted by atomic mass is 19.1. The Morgan fingerprint density at radius 2 is 1.82 bits per heavy atom. The molecule has 2 saturated heterocycles. The molecule has 2 amide bonds. The van der Waals surface area contributed by atoms with Crippen LogP contribution in [0.4, 0.5) is 4.39 Å². The predicted octanol–water partition coefficient (Wildman–Crippen LogP) is 2.88. The second-order valence-electron chi connectivity index (χ2n) is 9.53. The van der Waals surface area contributed by atoms with E-state index in [9.17, 15) is 9.59 Å². The van der Waals surface area contributed by atoms with Gasteiger partial charge in [-0.2, -0.15) is 0 Å². The van der Waals surface area contributed by atoms with E-state index in [0.717, 1.165) is 24.2 Å². The number of rotatable bonds is 6. The van der Waals surface area contributed by atoms with Gasteiger partial charge in [-0.1, -0.05) is 24.3 Å². The van der Waals surface area contributed by atoms with Crippen molar-refractivity contribution in [3.63, 3.8) is 0 Å². The van der Waals surface area contributed by atoms with Crippen LogP contribution in [0, 0.1) is 5.82 Å². The van der Waals surface area contributed by atoms with Gasteiger partial charge in [0.1, 0.15) is 24.2 Å². The van der Waals surface area contributed by atoms with E-state index in [1.165, 1.54) is 6.07 Å². The molecule has 2 aromatic rings. The summed E-state index contributed by atoms with van der Waals surface area (Å²) in [5.74, 6) is -0.253. The first kappa shape index (κ1) is 22.8. The molecule has 1 atom stereocenters. The lowest BCUT2D eigenvalue weighted by Gasteiger charge is -2.48. The number of nitrogens with two attached hydrogens (primary N) is 1. The van der Waals surface area contributed by atoms with E-state index < -0.39 is 23.4 Å². The topological polar surface area (TPSA) is 85.1 Å². The van der Waals surface area contributed by atoms with Crippen LogP contribution in [-0.4, -0.2) is 66.6 Å². The van der Waals surface area contributed by atoms with Crippen LogP contribution >= 0.6 is 0 Å². The highest BCUT2D eigenvalue weighted by molar-refractivity contribution is 5.82. The van der Waals surface area contributed by atoms with Gasteiger partial charge in [0.15, 0.2) is 0 Å². The molecule has 2 aliphatic heterocycles. The van der Waals surface area contributed by atoms with Crippen LogP contribution in [0.1, 0.15) is 37.3 Å². The van der Waals surface area contributed by atoms with E-state index in [-0.39, 0.29) is 18.1 Å². The summed E-state index contributed by atoms with van der Waals surface area (Å²) in [6.07, 6.45) is 3.45. The fraction of sp³-hybridized carbons (Fsp3) is 0.462. The van der Waals surface area contributed by atoms with Crippen LogP contribution in [0.3, 0.4) is 0 Å². The molecule has 3 aliphatic rings. The second-order valence-corrected chi connectivity index (χ2v) is 9.53. The fourth-order valence-corrected chi connectivity index (χ4v) is 5.19. The van der Waals surface area contributed by atoms with Gasteiger partial charge in [-0.05, 0) is 55.0 Å².